The van der Waals surface area contributed by atoms with Crippen LogP contribution in [-0.4, -0.2) is 17.1 Å². The van der Waals surface area contributed by atoms with E-state index in [-0.39, 0.29) is 12.1 Å². The molecular formula is C21H26ClN3O. The van der Waals surface area contributed by atoms with E-state index in [1.165, 1.54) is 5.56 Å². The summed E-state index contributed by atoms with van der Waals surface area (Å²) in [6.45, 7) is 2.53. The highest BCUT2D eigenvalue weighted by molar-refractivity contribution is 6.30. The van der Waals surface area contributed by atoms with Gasteiger partial charge in [-0.25, -0.2) is 4.79 Å². The fourth-order valence-electron chi connectivity index (χ4n) is 3.48. The van der Waals surface area contributed by atoms with Gasteiger partial charge in [-0.2, -0.15) is 0 Å². The Morgan fingerprint density at radius 3 is 2.42 bits per heavy atom. The molecule has 0 radical (unpaired) electrons. The molecule has 2 amide bonds. The standard InChI is InChI=1S/C21H26ClN3O/c1-15-2-3-18(14-23-15)12-16-6-10-20(11-7-16)25-21(26)24-13-17-4-8-19(22)9-5-17/h2-5,8-9,14,16,20H,6-7,10-13H2,1H3,(H2,24,25,26). The third-order valence-corrected chi connectivity index (χ3v) is 5.30. The van der Waals surface area contributed by atoms with Gasteiger partial charge < -0.3 is 10.6 Å². The highest BCUT2D eigenvalue weighted by Gasteiger charge is 2.22. The van der Waals surface area contributed by atoms with Crippen molar-refractivity contribution in [2.75, 3.05) is 0 Å². The highest BCUT2D eigenvalue weighted by atomic mass is 35.5. The minimum absolute atomic E-state index is 0.0915. The number of benzene rings is 1. The van der Waals surface area contributed by atoms with Crippen molar-refractivity contribution in [2.24, 2.45) is 5.92 Å². The van der Waals surface area contributed by atoms with Crippen molar-refractivity contribution in [3.05, 3.63) is 64.4 Å². The van der Waals surface area contributed by atoms with Gasteiger partial charge in [-0.3, -0.25) is 4.98 Å². The number of hydrogen-bond donors (Lipinski definition) is 2. The fourth-order valence-corrected chi connectivity index (χ4v) is 3.61. The van der Waals surface area contributed by atoms with Crippen LogP contribution in [-0.2, 0) is 13.0 Å². The molecule has 0 bridgehead atoms. The van der Waals surface area contributed by atoms with Gasteiger partial charge in [-0.1, -0.05) is 29.8 Å². The van der Waals surface area contributed by atoms with Gasteiger partial charge in [-0.05, 0) is 74.3 Å². The van der Waals surface area contributed by atoms with Crippen LogP contribution in [0, 0.1) is 12.8 Å². The quantitative estimate of drug-likeness (QED) is 0.804. The Morgan fingerprint density at radius 1 is 1.08 bits per heavy atom. The monoisotopic (exact) mass is 371 g/mol. The van der Waals surface area contributed by atoms with E-state index in [1.807, 2.05) is 37.4 Å². The second-order valence-corrected chi connectivity index (χ2v) is 7.62. The molecule has 138 valence electrons. The lowest BCUT2D eigenvalue weighted by Gasteiger charge is -2.29. The van der Waals surface area contributed by atoms with Crippen molar-refractivity contribution < 1.29 is 4.79 Å². The fraction of sp³-hybridized carbons (Fsp3) is 0.429. The summed E-state index contributed by atoms with van der Waals surface area (Å²) in [4.78, 5) is 16.5. The summed E-state index contributed by atoms with van der Waals surface area (Å²) in [6.07, 6.45) is 7.45. The van der Waals surface area contributed by atoms with Gasteiger partial charge >= 0.3 is 6.03 Å². The molecule has 0 saturated heterocycles. The van der Waals surface area contributed by atoms with E-state index < -0.39 is 0 Å². The first kappa shape index (κ1) is 18.7. The van der Waals surface area contributed by atoms with E-state index in [2.05, 4.69) is 27.8 Å². The van der Waals surface area contributed by atoms with Gasteiger partial charge in [0.05, 0.1) is 0 Å². The third-order valence-electron chi connectivity index (χ3n) is 5.05. The molecule has 1 aliphatic carbocycles. The summed E-state index contributed by atoms with van der Waals surface area (Å²) in [5, 5.41) is 6.73. The van der Waals surface area contributed by atoms with Crippen molar-refractivity contribution in [1.82, 2.24) is 15.6 Å². The zero-order valence-corrected chi connectivity index (χ0v) is 15.9. The number of halogens is 1. The van der Waals surface area contributed by atoms with Crippen LogP contribution >= 0.6 is 11.6 Å². The molecule has 1 heterocycles. The zero-order valence-electron chi connectivity index (χ0n) is 15.2. The molecule has 2 N–H and O–H groups in total. The summed E-state index contributed by atoms with van der Waals surface area (Å²) in [5.74, 6) is 0.690. The number of hydrogen-bond acceptors (Lipinski definition) is 2. The first-order valence-corrected chi connectivity index (χ1v) is 9.66. The summed E-state index contributed by atoms with van der Waals surface area (Å²) in [7, 11) is 0. The number of nitrogens with one attached hydrogen (secondary N) is 2. The summed E-state index contributed by atoms with van der Waals surface area (Å²) in [6, 6.07) is 12.0. The van der Waals surface area contributed by atoms with Gasteiger partial charge in [0.25, 0.3) is 0 Å². The van der Waals surface area contributed by atoms with Crippen molar-refractivity contribution >= 4 is 17.6 Å². The van der Waals surface area contributed by atoms with Crippen LogP contribution in [0.25, 0.3) is 0 Å². The molecule has 1 aliphatic rings. The second kappa shape index (κ2) is 9.04. The normalized spacial score (nSPS) is 19.8. The molecule has 0 aliphatic heterocycles. The van der Waals surface area contributed by atoms with Gasteiger partial charge in [0, 0.05) is 29.5 Å². The van der Waals surface area contributed by atoms with Crippen LogP contribution in [0.2, 0.25) is 5.02 Å². The molecule has 26 heavy (non-hydrogen) atoms. The molecule has 1 fully saturated rings. The largest absolute Gasteiger partial charge is 0.335 e. The Labute approximate surface area is 160 Å². The summed E-state index contributed by atoms with van der Waals surface area (Å²) in [5.41, 5.74) is 3.42. The Bertz CT molecular complexity index is 707. The Kier molecular flexibility index (Phi) is 6.51. The first-order chi connectivity index (χ1) is 12.6. The Balaban J connectivity index is 1.37. The number of pyridine rings is 1. The van der Waals surface area contributed by atoms with E-state index in [9.17, 15) is 4.79 Å². The minimum atomic E-state index is -0.0915. The predicted molar refractivity (Wildman–Crippen MR) is 105 cm³/mol. The van der Waals surface area contributed by atoms with Crippen molar-refractivity contribution in [2.45, 2.75) is 51.6 Å². The van der Waals surface area contributed by atoms with E-state index >= 15 is 0 Å². The third kappa shape index (κ3) is 5.73. The molecule has 1 saturated carbocycles. The smallest absolute Gasteiger partial charge is 0.315 e. The molecule has 1 aromatic heterocycles. The summed E-state index contributed by atoms with van der Waals surface area (Å²) < 4.78 is 0. The average Bonchev–Trinajstić information content (AvgIpc) is 2.65. The van der Waals surface area contributed by atoms with E-state index in [1.54, 1.807) is 0 Å². The van der Waals surface area contributed by atoms with Gasteiger partial charge in [0.15, 0.2) is 0 Å². The molecule has 3 rings (SSSR count). The first-order valence-electron chi connectivity index (χ1n) is 9.29. The maximum Gasteiger partial charge on any atom is 0.315 e. The van der Waals surface area contributed by atoms with Crippen molar-refractivity contribution in [3.8, 4) is 0 Å². The number of carbonyl (C=O) groups excluding carboxylic acids is 1. The highest BCUT2D eigenvalue weighted by Crippen LogP contribution is 2.27. The predicted octanol–water partition coefficient (Wildman–Crippen LogP) is 4.64. The topological polar surface area (TPSA) is 54.0 Å². The number of nitrogens with zero attached hydrogens (tertiary/aromatic N) is 1. The molecule has 2 aromatic rings. The molecule has 0 unspecified atom stereocenters. The van der Waals surface area contributed by atoms with Crippen molar-refractivity contribution in [3.63, 3.8) is 0 Å². The van der Waals surface area contributed by atoms with Gasteiger partial charge in [0.1, 0.15) is 0 Å². The number of aromatic nitrogens is 1. The van der Waals surface area contributed by atoms with Gasteiger partial charge in [0.2, 0.25) is 0 Å². The zero-order chi connectivity index (χ0) is 18.4. The van der Waals surface area contributed by atoms with E-state index in [0.29, 0.717) is 17.5 Å². The van der Waals surface area contributed by atoms with Gasteiger partial charge in [-0.15, -0.1) is 0 Å². The molecule has 5 heteroatoms. The number of rotatable bonds is 5. The van der Waals surface area contributed by atoms with Crippen LogP contribution in [0.4, 0.5) is 4.79 Å². The minimum Gasteiger partial charge on any atom is -0.335 e. The Morgan fingerprint density at radius 2 is 1.77 bits per heavy atom. The lowest BCUT2D eigenvalue weighted by atomic mass is 9.82. The molecule has 0 atom stereocenters. The van der Waals surface area contributed by atoms with Crippen molar-refractivity contribution in [1.29, 1.82) is 0 Å². The molecular weight excluding hydrogens is 346 g/mol. The average molecular weight is 372 g/mol. The number of carbonyl (C=O) groups is 1. The van der Waals surface area contributed by atoms with Crippen LogP contribution in [0.15, 0.2) is 42.6 Å². The number of amides is 2. The molecule has 0 spiro atoms. The maximum absolute atomic E-state index is 12.1. The molecule has 1 aromatic carbocycles. The number of urea groups is 1. The SMILES string of the molecule is Cc1ccc(CC2CCC(NC(=O)NCc3ccc(Cl)cc3)CC2)cn1. The lowest BCUT2D eigenvalue weighted by Crippen LogP contribution is -2.43. The molecule has 4 nitrogen and oxygen atoms in total. The van der Waals surface area contributed by atoms with Crippen LogP contribution in [0.1, 0.15) is 42.5 Å². The van der Waals surface area contributed by atoms with Crippen LogP contribution < -0.4 is 10.6 Å². The lowest BCUT2D eigenvalue weighted by molar-refractivity contribution is 0.226. The second-order valence-electron chi connectivity index (χ2n) is 7.18. The summed E-state index contributed by atoms with van der Waals surface area (Å²) >= 11 is 5.87. The van der Waals surface area contributed by atoms with E-state index in [4.69, 9.17) is 11.6 Å². The number of aryl methyl sites for hydroxylation is 1. The van der Waals surface area contributed by atoms with E-state index in [0.717, 1.165) is 43.4 Å². The van der Waals surface area contributed by atoms with Crippen LogP contribution in [0.5, 0.6) is 0 Å². The van der Waals surface area contributed by atoms with Crippen LogP contribution in [0.3, 0.4) is 0 Å². The Hall–Kier alpha value is -2.07. The maximum atomic E-state index is 12.1.